The first kappa shape index (κ1) is 13.6. The molecule has 1 aromatic heterocycles. The Hall–Kier alpha value is -5.14. The quantitative estimate of drug-likeness (QED) is 0.217. The van der Waals surface area contributed by atoms with Crippen LogP contribution in [-0.2, 0) is 0 Å². The molecule has 182 valence electrons. The molecule has 7 aromatic carbocycles. The molecule has 8 rings (SSSR count). The summed E-state index contributed by atoms with van der Waals surface area (Å²) in [6.45, 7) is 0. The van der Waals surface area contributed by atoms with Gasteiger partial charge in [0.25, 0.3) is 0 Å². The van der Waals surface area contributed by atoms with Crippen LogP contribution in [0.3, 0.4) is 0 Å². The summed E-state index contributed by atoms with van der Waals surface area (Å²) < 4.78 is 103. The van der Waals surface area contributed by atoms with Gasteiger partial charge in [-0.25, -0.2) is 0 Å². The topological polar surface area (TPSA) is 13.1 Å². The number of furan rings is 1. The van der Waals surface area contributed by atoms with Crippen LogP contribution in [-0.4, -0.2) is 0 Å². The maximum atomic E-state index is 9.70. The molecule has 1 heterocycles. The maximum Gasteiger partial charge on any atom is 0.136 e. The Labute approximate surface area is 242 Å². The van der Waals surface area contributed by atoms with Crippen molar-refractivity contribution in [2.75, 3.05) is 0 Å². The lowest BCUT2D eigenvalue weighted by Gasteiger charge is -2.18. The van der Waals surface area contributed by atoms with Crippen LogP contribution < -0.4 is 0 Å². The highest BCUT2D eigenvalue weighted by Gasteiger charge is 2.17. The molecule has 0 unspecified atom stereocenters. The first-order valence-electron chi connectivity index (χ1n) is 18.0. The van der Waals surface area contributed by atoms with Crippen molar-refractivity contribution in [1.29, 1.82) is 0 Å². The molecular weight excluding hydrogens is 472 g/mol. The molecular formula is C38H24O. The van der Waals surface area contributed by atoms with Crippen LogP contribution in [0.5, 0.6) is 0 Å². The van der Waals surface area contributed by atoms with E-state index in [1.165, 1.54) is 0 Å². The van der Waals surface area contributed by atoms with E-state index < -0.39 is 54.4 Å². The van der Waals surface area contributed by atoms with Gasteiger partial charge in [-0.2, -0.15) is 0 Å². The van der Waals surface area contributed by atoms with Crippen LogP contribution in [0.2, 0.25) is 0 Å². The predicted molar refractivity (Wildman–Crippen MR) is 165 cm³/mol. The zero-order chi connectivity index (χ0) is 35.3. The highest BCUT2D eigenvalue weighted by molar-refractivity contribution is 6.21. The normalized spacial score (nSPS) is 15.5. The molecule has 0 spiro atoms. The monoisotopic (exact) mass is 507 g/mol. The fourth-order valence-electron chi connectivity index (χ4n) is 5.45. The smallest absolute Gasteiger partial charge is 0.136 e. The molecule has 0 saturated carbocycles. The molecule has 8 aromatic rings. The summed E-state index contributed by atoms with van der Waals surface area (Å²) in [6.07, 6.45) is 0. The van der Waals surface area contributed by atoms with Gasteiger partial charge in [0.05, 0.1) is 15.1 Å². The summed E-state index contributed by atoms with van der Waals surface area (Å²) in [5.74, 6) is 0. The highest BCUT2D eigenvalue weighted by Crippen LogP contribution is 2.44. The van der Waals surface area contributed by atoms with E-state index in [9.17, 15) is 2.74 Å². The molecule has 1 nitrogen and oxygen atoms in total. The molecule has 1 heteroatoms. The maximum absolute atomic E-state index is 9.70. The third-order valence-electron chi connectivity index (χ3n) is 7.07. The summed E-state index contributed by atoms with van der Waals surface area (Å²) in [6, 6.07) is 19.3. The second kappa shape index (κ2) is 8.72. The van der Waals surface area contributed by atoms with Crippen molar-refractivity contribution in [3.8, 4) is 33.4 Å². The second-order valence-corrected chi connectivity index (χ2v) is 9.22. The first-order valence-corrected chi connectivity index (χ1v) is 12.5. The number of para-hydroxylation sites is 1. The SMILES string of the molecule is [2H]c1c([2H])c(-c2c3ccccc3c(-c3ccccc3)c3ccccc23)c([2H])c(-c2c([2H])c([2H])c([2H])c3oc4c([2H])c([2H])c([2H])c([2H])c4c23)c1[2H]. The van der Waals surface area contributed by atoms with Gasteiger partial charge in [0.1, 0.15) is 11.2 Å². The molecule has 0 radical (unpaired) electrons. The Morgan fingerprint density at radius 2 is 1.00 bits per heavy atom. The zero-order valence-electron chi connectivity index (χ0n) is 31.4. The summed E-state index contributed by atoms with van der Waals surface area (Å²) >= 11 is 0. The van der Waals surface area contributed by atoms with Crippen molar-refractivity contribution in [3.05, 3.63) is 145 Å². The molecule has 39 heavy (non-hydrogen) atoms. The fraction of sp³-hybridized carbons (Fsp3) is 0. The number of fused-ring (bicyclic) bond motifs is 5. The van der Waals surface area contributed by atoms with Crippen LogP contribution in [0.4, 0.5) is 0 Å². The molecule has 0 atom stereocenters. The zero-order valence-corrected chi connectivity index (χ0v) is 20.4. The van der Waals surface area contributed by atoms with Crippen molar-refractivity contribution >= 4 is 43.5 Å². The van der Waals surface area contributed by atoms with Crippen molar-refractivity contribution < 1.29 is 19.5 Å². The highest BCUT2D eigenvalue weighted by atomic mass is 16.3. The Bertz CT molecular complexity index is 2710. The molecule has 0 N–H and O–H groups in total. The third-order valence-corrected chi connectivity index (χ3v) is 7.07. The lowest BCUT2D eigenvalue weighted by Crippen LogP contribution is -1.91. The largest absolute Gasteiger partial charge is 0.456 e. The van der Waals surface area contributed by atoms with E-state index in [2.05, 4.69) is 0 Å². The van der Waals surface area contributed by atoms with E-state index in [-0.39, 0.29) is 50.7 Å². The second-order valence-electron chi connectivity index (χ2n) is 9.22. The van der Waals surface area contributed by atoms with Crippen LogP contribution in [0, 0.1) is 0 Å². The van der Waals surface area contributed by atoms with Crippen LogP contribution in [0.25, 0.3) is 76.9 Å². The molecule has 0 amide bonds. The van der Waals surface area contributed by atoms with Crippen LogP contribution >= 0.6 is 0 Å². The molecule has 0 saturated heterocycles. The van der Waals surface area contributed by atoms with Gasteiger partial charge in [-0.15, -0.1) is 0 Å². The number of benzene rings is 7. The molecule has 0 aliphatic heterocycles. The van der Waals surface area contributed by atoms with Crippen molar-refractivity contribution in [2.24, 2.45) is 0 Å². The van der Waals surface area contributed by atoms with Gasteiger partial charge in [-0.3, -0.25) is 0 Å². The Kier molecular flexibility index (Phi) is 3.04. The number of hydrogen-bond acceptors (Lipinski definition) is 1. The van der Waals surface area contributed by atoms with Gasteiger partial charge in [0.2, 0.25) is 0 Å². The van der Waals surface area contributed by atoms with E-state index in [4.69, 9.17) is 16.8 Å². The van der Waals surface area contributed by atoms with Gasteiger partial charge < -0.3 is 4.42 Å². The molecule has 0 fully saturated rings. The van der Waals surface area contributed by atoms with Crippen molar-refractivity contribution in [3.63, 3.8) is 0 Å². The molecule has 0 aliphatic carbocycles. The Morgan fingerprint density at radius 3 is 1.72 bits per heavy atom. The predicted octanol–water partition coefficient (Wildman–Crippen LogP) is 10.9. The first-order chi connectivity index (χ1) is 24.0. The number of rotatable bonds is 3. The minimum atomic E-state index is -0.605. The lowest BCUT2D eigenvalue weighted by atomic mass is 9.85. The average Bonchev–Trinajstić information content (AvgIpc) is 3.53. The average molecular weight is 508 g/mol. The minimum absolute atomic E-state index is 0.0248. The molecule has 0 aliphatic rings. The Morgan fingerprint density at radius 1 is 0.436 bits per heavy atom. The third kappa shape index (κ3) is 3.41. The van der Waals surface area contributed by atoms with E-state index in [1.54, 1.807) is 0 Å². The van der Waals surface area contributed by atoms with Gasteiger partial charge in [0.15, 0.2) is 0 Å². The summed E-state index contributed by atoms with van der Waals surface area (Å²) in [5, 5.41) is 2.77. The van der Waals surface area contributed by atoms with Gasteiger partial charge in [0, 0.05) is 10.8 Å². The fourth-order valence-corrected chi connectivity index (χ4v) is 5.45. The van der Waals surface area contributed by atoms with Gasteiger partial charge in [-0.05, 0) is 73.1 Å². The van der Waals surface area contributed by atoms with Crippen LogP contribution in [0.15, 0.2) is 150 Å². The lowest BCUT2D eigenvalue weighted by molar-refractivity contribution is 0.669. The van der Waals surface area contributed by atoms with E-state index in [0.29, 0.717) is 16.3 Å². The minimum Gasteiger partial charge on any atom is -0.456 e. The summed E-state index contributed by atoms with van der Waals surface area (Å²) in [5.41, 5.74) is 1.30. The van der Waals surface area contributed by atoms with Gasteiger partial charge in [-0.1, -0.05) is 127 Å². The van der Waals surface area contributed by atoms with Gasteiger partial charge >= 0.3 is 0 Å². The Balaban J connectivity index is 1.59. The van der Waals surface area contributed by atoms with E-state index in [1.807, 2.05) is 78.9 Å². The van der Waals surface area contributed by atoms with Crippen LogP contribution in [0.1, 0.15) is 15.1 Å². The van der Waals surface area contributed by atoms with Crippen molar-refractivity contribution in [2.45, 2.75) is 0 Å². The van der Waals surface area contributed by atoms with E-state index in [0.717, 1.165) is 21.9 Å². The van der Waals surface area contributed by atoms with Crippen molar-refractivity contribution in [1.82, 2.24) is 0 Å². The molecule has 0 bridgehead atoms. The van der Waals surface area contributed by atoms with E-state index >= 15 is 0 Å². The number of hydrogen-bond donors (Lipinski definition) is 0. The summed E-state index contributed by atoms with van der Waals surface area (Å²) in [4.78, 5) is 0. The summed E-state index contributed by atoms with van der Waals surface area (Å²) in [7, 11) is 0. The standard InChI is InChI=1S/C38H24O/c1-2-12-25(13-3-1)36-29-16-4-6-18-31(29)37(32-19-7-5-17-30(32)36)27-15-10-14-26(24-27)28-21-11-23-35-38(28)33-20-8-9-22-34(33)39-35/h1-24H/i8D,9D,10D,11D,14D,15D,20D,21D,22D,23D,24D.